The number of methoxy groups -OCH3 is 1. The molecule has 1 N–H and O–H groups in total. The van der Waals surface area contributed by atoms with Gasteiger partial charge in [0.1, 0.15) is 17.3 Å². The number of aryl methyl sites for hydroxylation is 1. The van der Waals surface area contributed by atoms with E-state index in [0.717, 1.165) is 53.4 Å². The van der Waals surface area contributed by atoms with Gasteiger partial charge < -0.3 is 10.1 Å². The second-order valence-electron chi connectivity index (χ2n) is 8.20. The molecule has 3 aromatic rings. The van der Waals surface area contributed by atoms with E-state index in [-0.39, 0.29) is 11.7 Å². The van der Waals surface area contributed by atoms with Crippen molar-refractivity contribution in [1.82, 2.24) is 19.7 Å². The van der Waals surface area contributed by atoms with Crippen molar-refractivity contribution in [2.45, 2.75) is 46.1 Å². The molecule has 1 atom stereocenters. The van der Waals surface area contributed by atoms with Crippen molar-refractivity contribution in [2.24, 2.45) is 4.99 Å². The number of pyridine rings is 1. The van der Waals surface area contributed by atoms with Gasteiger partial charge in [-0.3, -0.25) is 4.99 Å². The molecular weight excluding hydrogens is 431 g/mol. The Morgan fingerprint density at radius 1 is 1.18 bits per heavy atom. The van der Waals surface area contributed by atoms with E-state index < -0.39 is 0 Å². The summed E-state index contributed by atoms with van der Waals surface area (Å²) in [6.07, 6.45) is 7.45. The van der Waals surface area contributed by atoms with Crippen molar-refractivity contribution >= 4 is 23.6 Å². The van der Waals surface area contributed by atoms with Crippen LogP contribution >= 0.6 is 0 Å². The maximum absolute atomic E-state index is 13.4. The van der Waals surface area contributed by atoms with E-state index in [2.05, 4.69) is 15.3 Å². The first kappa shape index (κ1) is 23.4. The molecule has 3 heterocycles. The lowest BCUT2D eigenvalue weighted by Crippen LogP contribution is -2.17. The van der Waals surface area contributed by atoms with Crippen molar-refractivity contribution < 1.29 is 9.13 Å². The molecule has 7 nitrogen and oxygen atoms in total. The number of ether oxygens (including phenoxy) is 1. The molecule has 176 valence electrons. The largest absolute Gasteiger partial charge is 0.480 e. The minimum atomic E-state index is -0.231. The van der Waals surface area contributed by atoms with Gasteiger partial charge in [-0.05, 0) is 75.1 Å². The van der Waals surface area contributed by atoms with Gasteiger partial charge >= 0.3 is 0 Å². The smallest absolute Gasteiger partial charge is 0.238 e. The zero-order valence-electron chi connectivity index (χ0n) is 19.9. The van der Waals surface area contributed by atoms with Crippen molar-refractivity contribution in [3.63, 3.8) is 0 Å². The summed E-state index contributed by atoms with van der Waals surface area (Å²) >= 11 is 0. The number of hydrogen-bond acceptors (Lipinski definition) is 6. The molecule has 8 heteroatoms. The molecule has 0 saturated carbocycles. The Labute approximate surface area is 199 Å². The van der Waals surface area contributed by atoms with Gasteiger partial charge in [0.25, 0.3) is 0 Å². The lowest BCUT2D eigenvalue weighted by Gasteiger charge is -2.22. The molecule has 1 aromatic carbocycles. The molecule has 34 heavy (non-hydrogen) atoms. The molecule has 4 rings (SSSR count). The Bertz CT molecular complexity index is 1240. The number of allylic oxidation sites excluding steroid dienone is 2. The van der Waals surface area contributed by atoms with Gasteiger partial charge in [-0.2, -0.15) is 5.10 Å². The number of rotatable bonds is 7. The van der Waals surface area contributed by atoms with Crippen LogP contribution in [0.3, 0.4) is 0 Å². The standard InChI is InChI=1S/C26H29FN6O/c1-5-28-18(3)16-29-23-13-12-22(30-26(23)34-4)17(2)15-24-31-25-21(7-6-14-33(25)32-24)19-8-10-20(27)11-9-19/h5,8-13,15-16,21,29H,6-7,14H2,1-4H3/b17-15+,18-16-,28-5?/t21-/m1/s1. The van der Waals surface area contributed by atoms with E-state index in [1.54, 1.807) is 19.5 Å². The summed E-state index contributed by atoms with van der Waals surface area (Å²) in [5.74, 6) is 1.93. The van der Waals surface area contributed by atoms with Crippen molar-refractivity contribution in [1.29, 1.82) is 0 Å². The average molecular weight is 461 g/mol. The molecule has 0 saturated heterocycles. The van der Waals surface area contributed by atoms with Gasteiger partial charge in [0.2, 0.25) is 5.88 Å². The second-order valence-corrected chi connectivity index (χ2v) is 8.20. The minimum absolute atomic E-state index is 0.112. The van der Waals surface area contributed by atoms with Crippen LogP contribution < -0.4 is 10.1 Å². The number of aliphatic imine (C=N–C) groups is 1. The SMILES string of the molecule is CC=N/C(C)=C\Nc1ccc(/C(C)=C/c2nc3n(n2)CCC[C@@H]3c2ccc(F)cc2)nc1OC. The number of anilines is 1. The summed E-state index contributed by atoms with van der Waals surface area (Å²) in [4.78, 5) is 13.7. The van der Waals surface area contributed by atoms with E-state index >= 15 is 0 Å². The summed E-state index contributed by atoms with van der Waals surface area (Å²) in [7, 11) is 1.59. The Kier molecular flexibility index (Phi) is 7.15. The first-order valence-corrected chi connectivity index (χ1v) is 11.3. The fraction of sp³-hybridized carbons (Fsp3) is 0.308. The Morgan fingerprint density at radius 3 is 2.71 bits per heavy atom. The topological polar surface area (TPSA) is 77.2 Å². The van der Waals surface area contributed by atoms with E-state index in [1.165, 1.54) is 12.1 Å². The summed E-state index contributed by atoms with van der Waals surface area (Å²) in [5, 5.41) is 7.89. The first-order valence-electron chi connectivity index (χ1n) is 11.3. The van der Waals surface area contributed by atoms with Crippen LogP contribution in [0.25, 0.3) is 11.6 Å². The highest BCUT2D eigenvalue weighted by Gasteiger charge is 2.25. The number of nitrogens with one attached hydrogen (secondary N) is 1. The lowest BCUT2D eigenvalue weighted by atomic mass is 9.91. The quantitative estimate of drug-likeness (QED) is 0.460. The highest BCUT2D eigenvalue weighted by atomic mass is 19.1. The molecule has 1 aliphatic rings. The van der Waals surface area contributed by atoms with Crippen LogP contribution in [0, 0.1) is 5.82 Å². The van der Waals surface area contributed by atoms with Crippen LogP contribution in [-0.4, -0.2) is 33.1 Å². The molecular formula is C26H29FN6O. The van der Waals surface area contributed by atoms with Gasteiger partial charge in [0.15, 0.2) is 5.82 Å². The molecule has 0 amide bonds. The summed E-state index contributed by atoms with van der Waals surface area (Å²) in [5.41, 5.74) is 4.36. The Balaban J connectivity index is 1.58. The molecule has 0 aliphatic carbocycles. The van der Waals surface area contributed by atoms with Gasteiger partial charge in [-0.15, -0.1) is 0 Å². The van der Waals surface area contributed by atoms with Crippen molar-refractivity contribution in [2.75, 3.05) is 12.4 Å². The minimum Gasteiger partial charge on any atom is -0.480 e. The van der Waals surface area contributed by atoms with Crippen LogP contribution in [0.15, 0.2) is 53.3 Å². The molecule has 0 unspecified atom stereocenters. The zero-order chi connectivity index (χ0) is 24.1. The van der Waals surface area contributed by atoms with Crippen LogP contribution in [0.4, 0.5) is 10.1 Å². The van der Waals surface area contributed by atoms with E-state index in [0.29, 0.717) is 11.7 Å². The number of halogens is 1. The van der Waals surface area contributed by atoms with E-state index in [4.69, 9.17) is 14.8 Å². The van der Waals surface area contributed by atoms with Gasteiger partial charge in [-0.1, -0.05) is 12.1 Å². The number of fused-ring (bicyclic) bond motifs is 1. The van der Waals surface area contributed by atoms with Crippen molar-refractivity contribution in [3.8, 4) is 5.88 Å². The molecule has 1 aliphatic heterocycles. The highest BCUT2D eigenvalue weighted by molar-refractivity contribution is 5.77. The van der Waals surface area contributed by atoms with Crippen LogP contribution in [0.5, 0.6) is 5.88 Å². The van der Waals surface area contributed by atoms with Crippen LogP contribution in [0.2, 0.25) is 0 Å². The van der Waals surface area contributed by atoms with Gasteiger partial charge in [0.05, 0.1) is 18.5 Å². The van der Waals surface area contributed by atoms with E-state index in [1.807, 2.05) is 55.8 Å². The second kappa shape index (κ2) is 10.4. The monoisotopic (exact) mass is 460 g/mol. The first-order chi connectivity index (χ1) is 16.5. The highest BCUT2D eigenvalue weighted by Crippen LogP contribution is 2.33. The number of hydrogen-bond donors (Lipinski definition) is 1. The third kappa shape index (κ3) is 5.22. The average Bonchev–Trinajstić information content (AvgIpc) is 3.26. The van der Waals surface area contributed by atoms with Gasteiger partial charge in [-0.25, -0.2) is 19.0 Å². The predicted molar refractivity (Wildman–Crippen MR) is 133 cm³/mol. The van der Waals surface area contributed by atoms with E-state index in [9.17, 15) is 4.39 Å². The fourth-order valence-corrected chi connectivity index (χ4v) is 4.06. The lowest BCUT2D eigenvalue weighted by molar-refractivity contribution is 0.399. The summed E-state index contributed by atoms with van der Waals surface area (Å²) < 4.78 is 20.8. The van der Waals surface area contributed by atoms with Gasteiger partial charge in [0, 0.05) is 24.9 Å². The maximum atomic E-state index is 13.4. The molecule has 0 fully saturated rings. The van der Waals surface area contributed by atoms with Crippen molar-refractivity contribution in [3.05, 3.63) is 77.0 Å². The zero-order valence-corrected chi connectivity index (χ0v) is 19.9. The molecule has 0 radical (unpaired) electrons. The normalized spacial score (nSPS) is 16.6. The molecule has 2 aromatic heterocycles. The third-order valence-electron chi connectivity index (χ3n) is 5.74. The number of benzene rings is 1. The van der Waals surface area contributed by atoms with Crippen LogP contribution in [0.1, 0.15) is 62.4 Å². The van der Waals surface area contributed by atoms with Crippen LogP contribution in [-0.2, 0) is 6.54 Å². The summed E-state index contributed by atoms with van der Waals surface area (Å²) in [6.45, 7) is 6.59. The fourth-order valence-electron chi connectivity index (χ4n) is 4.06. The Morgan fingerprint density at radius 2 is 1.97 bits per heavy atom. The predicted octanol–water partition coefficient (Wildman–Crippen LogP) is 5.67. The molecule has 0 bridgehead atoms. The number of aromatic nitrogens is 4. The maximum Gasteiger partial charge on any atom is 0.238 e. The summed E-state index contributed by atoms with van der Waals surface area (Å²) in [6, 6.07) is 10.5. The Hall–Kier alpha value is -3.81. The molecule has 0 spiro atoms. The number of nitrogens with zero attached hydrogens (tertiary/aromatic N) is 5. The third-order valence-corrected chi connectivity index (χ3v) is 5.74.